The highest BCUT2D eigenvalue weighted by Gasteiger charge is 2.37. The van der Waals surface area contributed by atoms with Crippen molar-refractivity contribution in [2.24, 2.45) is 0 Å². The summed E-state index contributed by atoms with van der Waals surface area (Å²) in [6.07, 6.45) is 0.372. The molecular weight excluding hydrogens is 216 g/mol. The molecule has 17 heavy (non-hydrogen) atoms. The highest BCUT2D eigenvalue weighted by Crippen LogP contribution is 2.31. The summed E-state index contributed by atoms with van der Waals surface area (Å²) in [5.41, 5.74) is 1.19. The Labute approximate surface area is 102 Å². The molecule has 1 rings (SSSR count). The average Bonchev–Trinajstić information content (AvgIpc) is 2.30. The Hall–Kier alpha value is -1.35. The fourth-order valence-corrected chi connectivity index (χ4v) is 2.05. The largest absolute Gasteiger partial charge is 0.465 e. The lowest BCUT2D eigenvalue weighted by molar-refractivity contribution is -0.150. The molecular formula is C14H20O3. The second-order valence-corrected chi connectivity index (χ2v) is 4.34. The van der Waals surface area contributed by atoms with Crippen LogP contribution in [0.5, 0.6) is 0 Å². The summed E-state index contributed by atoms with van der Waals surface area (Å²) in [4.78, 5) is 12.1. The van der Waals surface area contributed by atoms with Crippen molar-refractivity contribution in [2.45, 2.75) is 32.6 Å². The molecule has 1 unspecified atom stereocenters. The van der Waals surface area contributed by atoms with Crippen LogP contribution in [0.25, 0.3) is 0 Å². The fraction of sp³-hybridized carbons (Fsp3) is 0.500. The topological polar surface area (TPSA) is 46.5 Å². The fourth-order valence-electron chi connectivity index (χ4n) is 2.05. The van der Waals surface area contributed by atoms with E-state index in [1.807, 2.05) is 38.1 Å². The third-order valence-corrected chi connectivity index (χ3v) is 3.08. The van der Waals surface area contributed by atoms with Crippen LogP contribution in [0, 0.1) is 6.92 Å². The molecule has 1 atom stereocenters. The number of aliphatic hydroxyl groups is 1. The first-order valence-corrected chi connectivity index (χ1v) is 5.90. The van der Waals surface area contributed by atoms with Gasteiger partial charge in [0.1, 0.15) is 0 Å². The molecule has 0 aliphatic carbocycles. The van der Waals surface area contributed by atoms with Crippen LogP contribution in [-0.4, -0.2) is 24.3 Å². The van der Waals surface area contributed by atoms with Crippen LogP contribution >= 0.6 is 0 Å². The van der Waals surface area contributed by atoms with Gasteiger partial charge in [0.05, 0.1) is 12.0 Å². The summed E-state index contributed by atoms with van der Waals surface area (Å²) in [6, 6.07) is 7.71. The van der Waals surface area contributed by atoms with Gasteiger partial charge in [0.2, 0.25) is 0 Å². The zero-order chi connectivity index (χ0) is 12.9. The van der Waals surface area contributed by atoms with E-state index in [-0.39, 0.29) is 12.6 Å². The Morgan fingerprint density at radius 1 is 1.41 bits per heavy atom. The van der Waals surface area contributed by atoms with E-state index < -0.39 is 5.41 Å². The van der Waals surface area contributed by atoms with Gasteiger partial charge < -0.3 is 9.84 Å². The Morgan fingerprint density at radius 3 is 2.59 bits per heavy atom. The van der Waals surface area contributed by atoms with E-state index >= 15 is 0 Å². The summed E-state index contributed by atoms with van der Waals surface area (Å²) in [6.45, 7) is 5.89. The molecule has 0 radical (unpaired) electrons. The number of hydrogen-bond donors (Lipinski definition) is 1. The molecule has 3 nitrogen and oxygen atoms in total. The number of esters is 1. The van der Waals surface area contributed by atoms with Gasteiger partial charge in [-0.3, -0.25) is 4.79 Å². The monoisotopic (exact) mass is 236 g/mol. The van der Waals surface area contributed by atoms with Crippen LogP contribution in [0.1, 0.15) is 31.4 Å². The van der Waals surface area contributed by atoms with E-state index in [9.17, 15) is 4.79 Å². The summed E-state index contributed by atoms with van der Waals surface area (Å²) in [5, 5.41) is 9.16. The Balaban J connectivity index is 3.15. The maximum atomic E-state index is 12.1. The van der Waals surface area contributed by atoms with E-state index in [4.69, 9.17) is 9.84 Å². The number of carbonyl (C=O) groups is 1. The molecule has 0 fully saturated rings. The molecule has 0 saturated heterocycles. The first kappa shape index (κ1) is 13.7. The first-order chi connectivity index (χ1) is 8.06. The normalized spacial score (nSPS) is 14.1. The summed E-state index contributed by atoms with van der Waals surface area (Å²) >= 11 is 0. The number of ether oxygens (including phenoxy) is 1. The van der Waals surface area contributed by atoms with Crippen LogP contribution in [0.2, 0.25) is 0 Å². The predicted molar refractivity (Wildman–Crippen MR) is 66.9 cm³/mol. The highest BCUT2D eigenvalue weighted by molar-refractivity contribution is 5.83. The second-order valence-electron chi connectivity index (χ2n) is 4.34. The van der Waals surface area contributed by atoms with E-state index in [1.54, 1.807) is 6.92 Å². The highest BCUT2D eigenvalue weighted by atomic mass is 16.5. The van der Waals surface area contributed by atoms with Crippen molar-refractivity contribution in [1.29, 1.82) is 0 Å². The van der Waals surface area contributed by atoms with Gasteiger partial charge in [-0.05, 0) is 38.3 Å². The van der Waals surface area contributed by atoms with Gasteiger partial charge >= 0.3 is 5.97 Å². The first-order valence-electron chi connectivity index (χ1n) is 5.90. The van der Waals surface area contributed by atoms with E-state index in [2.05, 4.69) is 0 Å². The molecule has 94 valence electrons. The van der Waals surface area contributed by atoms with Crippen molar-refractivity contribution >= 4 is 5.97 Å². The Kier molecular flexibility index (Phi) is 4.70. The van der Waals surface area contributed by atoms with Gasteiger partial charge in [0, 0.05) is 6.61 Å². The van der Waals surface area contributed by atoms with Gasteiger partial charge in [0.25, 0.3) is 0 Å². The molecule has 0 heterocycles. The maximum absolute atomic E-state index is 12.1. The summed E-state index contributed by atoms with van der Waals surface area (Å²) < 4.78 is 5.12. The van der Waals surface area contributed by atoms with Crippen LogP contribution < -0.4 is 0 Å². The molecule has 0 aliphatic heterocycles. The van der Waals surface area contributed by atoms with Crippen LogP contribution in [0.3, 0.4) is 0 Å². The van der Waals surface area contributed by atoms with Crippen LogP contribution in [-0.2, 0) is 14.9 Å². The molecule has 0 aromatic heterocycles. The van der Waals surface area contributed by atoms with Gasteiger partial charge in [-0.2, -0.15) is 0 Å². The summed E-state index contributed by atoms with van der Waals surface area (Å²) in [7, 11) is 0. The van der Waals surface area contributed by atoms with Gasteiger partial charge in [-0.25, -0.2) is 0 Å². The summed E-state index contributed by atoms with van der Waals surface area (Å²) in [5.74, 6) is -0.275. The molecule has 0 amide bonds. The molecule has 1 N–H and O–H groups in total. The molecule has 3 heteroatoms. The Morgan fingerprint density at radius 2 is 2.06 bits per heavy atom. The zero-order valence-corrected chi connectivity index (χ0v) is 10.7. The number of benzene rings is 1. The number of aliphatic hydroxyl groups excluding tert-OH is 1. The van der Waals surface area contributed by atoms with Gasteiger partial charge in [0.15, 0.2) is 0 Å². The van der Waals surface area contributed by atoms with Crippen molar-refractivity contribution in [3.8, 4) is 0 Å². The molecule has 0 saturated carbocycles. The van der Waals surface area contributed by atoms with Crippen molar-refractivity contribution in [1.82, 2.24) is 0 Å². The van der Waals surface area contributed by atoms with E-state index in [0.29, 0.717) is 13.0 Å². The predicted octanol–water partition coefficient (Wildman–Crippen LogP) is 2.20. The zero-order valence-electron chi connectivity index (χ0n) is 10.7. The van der Waals surface area contributed by atoms with Gasteiger partial charge in [-0.15, -0.1) is 0 Å². The average molecular weight is 236 g/mol. The third kappa shape index (κ3) is 2.86. The number of aryl methyl sites for hydroxylation is 1. The van der Waals surface area contributed by atoms with Crippen LogP contribution in [0.4, 0.5) is 0 Å². The molecule has 0 aliphatic rings. The van der Waals surface area contributed by atoms with Crippen molar-refractivity contribution in [3.05, 3.63) is 35.4 Å². The van der Waals surface area contributed by atoms with Crippen molar-refractivity contribution in [3.63, 3.8) is 0 Å². The maximum Gasteiger partial charge on any atom is 0.316 e. The quantitative estimate of drug-likeness (QED) is 0.797. The second kappa shape index (κ2) is 5.82. The molecule has 0 spiro atoms. The molecule has 0 bridgehead atoms. The number of carbonyl (C=O) groups excluding carboxylic acids is 1. The minimum atomic E-state index is -0.768. The SMILES string of the molecule is CCOC(=O)C(C)(CCO)c1ccccc1C. The van der Waals surface area contributed by atoms with Gasteiger partial charge in [-0.1, -0.05) is 24.3 Å². The minimum Gasteiger partial charge on any atom is -0.465 e. The smallest absolute Gasteiger partial charge is 0.316 e. The molecule has 1 aromatic carbocycles. The number of rotatable bonds is 5. The minimum absolute atomic E-state index is 0.0380. The van der Waals surface area contributed by atoms with Crippen molar-refractivity contribution in [2.75, 3.05) is 13.2 Å². The third-order valence-electron chi connectivity index (χ3n) is 3.08. The van der Waals surface area contributed by atoms with E-state index in [0.717, 1.165) is 11.1 Å². The lowest BCUT2D eigenvalue weighted by Gasteiger charge is -2.28. The van der Waals surface area contributed by atoms with E-state index in [1.165, 1.54) is 0 Å². The lowest BCUT2D eigenvalue weighted by atomic mass is 9.77. The van der Waals surface area contributed by atoms with Crippen molar-refractivity contribution < 1.29 is 14.6 Å². The Bertz CT molecular complexity index is 387. The number of hydrogen-bond acceptors (Lipinski definition) is 3. The molecule has 1 aromatic rings. The van der Waals surface area contributed by atoms with Crippen LogP contribution in [0.15, 0.2) is 24.3 Å². The lowest BCUT2D eigenvalue weighted by Crippen LogP contribution is -2.36. The standard InChI is InChI=1S/C14H20O3/c1-4-17-13(16)14(3,9-10-15)12-8-6-5-7-11(12)2/h5-8,15H,4,9-10H2,1-3H3.